The molecule has 60 valence electrons. The average Bonchev–Trinajstić information content (AvgIpc) is 2.01. The van der Waals surface area contributed by atoms with E-state index in [4.69, 9.17) is 4.74 Å². The summed E-state index contributed by atoms with van der Waals surface area (Å²) in [6.45, 7) is 1.72. The molecular weight excluding hydrogens is 162 g/mol. The second-order valence-electron chi connectivity index (χ2n) is 2.30. The first-order valence-corrected chi connectivity index (χ1v) is 3.83. The molecule has 0 fully saturated rings. The lowest BCUT2D eigenvalue weighted by molar-refractivity contribution is 0.385. The van der Waals surface area contributed by atoms with Gasteiger partial charge in [0.15, 0.2) is 11.6 Å². The van der Waals surface area contributed by atoms with E-state index >= 15 is 0 Å². The van der Waals surface area contributed by atoms with E-state index in [1.807, 2.05) is 6.07 Å². The van der Waals surface area contributed by atoms with Crippen molar-refractivity contribution in [3.05, 3.63) is 23.5 Å². The van der Waals surface area contributed by atoms with E-state index in [1.165, 1.54) is 7.11 Å². The highest BCUT2D eigenvalue weighted by atomic mass is 31.0. The number of hydrogen-bond acceptors (Lipinski definition) is 1. The van der Waals surface area contributed by atoms with Gasteiger partial charge in [0.2, 0.25) is 0 Å². The third-order valence-corrected chi connectivity index (χ3v) is 2.24. The van der Waals surface area contributed by atoms with Crippen molar-refractivity contribution in [2.75, 3.05) is 7.11 Å². The smallest absolute Gasteiger partial charge is 0.168 e. The average molecular weight is 172 g/mol. The van der Waals surface area contributed by atoms with Crippen molar-refractivity contribution in [1.82, 2.24) is 0 Å². The number of rotatable bonds is 1. The highest BCUT2D eigenvalue weighted by Crippen LogP contribution is 2.18. The van der Waals surface area contributed by atoms with Crippen LogP contribution in [0.25, 0.3) is 0 Å². The van der Waals surface area contributed by atoms with Crippen LogP contribution in [0.1, 0.15) is 5.56 Å². The van der Waals surface area contributed by atoms with Gasteiger partial charge < -0.3 is 4.74 Å². The summed E-state index contributed by atoms with van der Waals surface area (Å²) in [6, 6.07) is 3.42. The molecular formula is C8H10FOP. The summed E-state index contributed by atoms with van der Waals surface area (Å²) in [5.41, 5.74) is 0.620. The zero-order valence-corrected chi connectivity index (χ0v) is 7.67. The first-order chi connectivity index (χ1) is 5.16. The molecule has 0 radical (unpaired) electrons. The van der Waals surface area contributed by atoms with Crippen molar-refractivity contribution in [3.8, 4) is 5.75 Å². The van der Waals surface area contributed by atoms with Crippen molar-refractivity contribution in [2.24, 2.45) is 0 Å². The predicted octanol–water partition coefficient (Wildman–Crippen LogP) is 1.64. The Morgan fingerprint density at radius 1 is 1.45 bits per heavy atom. The van der Waals surface area contributed by atoms with E-state index in [0.29, 0.717) is 11.3 Å². The van der Waals surface area contributed by atoms with Crippen LogP contribution in [-0.2, 0) is 0 Å². The fourth-order valence-electron chi connectivity index (χ4n) is 0.833. The van der Waals surface area contributed by atoms with Crippen molar-refractivity contribution < 1.29 is 9.13 Å². The Morgan fingerprint density at radius 2 is 2.09 bits per heavy atom. The maximum absolute atomic E-state index is 13.1. The van der Waals surface area contributed by atoms with E-state index in [-0.39, 0.29) is 5.82 Å². The molecule has 0 aliphatic heterocycles. The minimum absolute atomic E-state index is 0.278. The molecule has 0 aliphatic rings. The lowest BCUT2D eigenvalue weighted by Crippen LogP contribution is -2.01. The van der Waals surface area contributed by atoms with Crippen LogP contribution in [0.5, 0.6) is 5.75 Å². The van der Waals surface area contributed by atoms with Gasteiger partial charge in [-0.25, -0.2) is 4.39 Å². The molecule has 0 amide bonds. The fraction of sp³-hybridized carbons (Fsp3) is 0.250. The molecule has 1 atom stereocenters. The third-order valence-electron chi connectivity index (χ3n) is 1.61. The minimum atomic E-state index is -0.278. The lowest BCUT2D eigenvalue weighted by Gasteiger charge is -2.05. The molecule has 1 aromatic rings. The van der Waals surface area contributed by atoms with Crippen LogP contribution in [0.4, 0.5) is 4.39 Å². The summed E-state index contributed by atoms with van der Waals surface area (Å²) in [4.78, 5) is 0. The Balaban J connectivity index is 3.25. The molecule has 0 saturated heterocycles. The Labute approximate surface area is 67.8 Å². The van der Waals surface area contributed by atoms with Crippen molar-refractivity contribution in [3.63, 3.8) is 0 Å². The van der Waals surface area contributed by atoms with E-state index in [2.05, 4.69) is 9.24 Å². The van der Waals surface area contributed by atoms with Gasteiger partial charge in [0.25, 0.3) is 0 Å². The summed E-state index contributed by atoms with van der Waals surface area (Å²) >= 11 is 0. The van der Waals surface area contributed by atoms with E-state index in [9.17, 15) is 4.39 Å². The molecule has 0 heterocycles. The summed E-state index contributed by atoms with van der Waals surface area (Å²) in [7, 11) is 3.93. The summed E-state index contributed by atoms with van der Waals surface area (Å²) in [6.07, 6.45) is 0. The number of hydrogen-bond donors (Lipinski definition) is 0. The molecule has 0 aromatic heterocycles. The number of benzene rings is 1. The number of halogens is 1. The molecule has 0 saturated carbocycles. The molecule has 0 N–H and O–H groups in total. The maximum Gasteiger partial charge on any atom is 0.168 e. The monoisotopic (exact) mass is 172 g/mol. The van der Waals surface area contributed by atoms with E-state index < -0.39 is 0 Å². The van der Waals surface area contributed by atoms with Crippen molar-refractivity contribution >= 4 is 14.5 Å². The molecule has 11 heavy (non-hydrogen) atoms. The second kappa shape index (κ2) is 3.19. The fourth-order valence-corrected chi connectivity index (χ4v) is 1.06. The molecule has 1 rings (SSSR count). The van der Waals surface area contributed by atoms with Crippen LogP contribution < -0.4 is 10.0 Å². The molecule has 1 unspecified atom stereocenters. The van der Waals surface area contributed by atoms with Gasteiger partial charge in [0.1, 0.15) is 0 Å². The zero-order valence-electron chi connectivity index (χ0n) is 6.52. The van der Waals surface area contributed by atoms with Gasteiger partial charge in [-0.15, -0.1) is 9.24 Å². The Hall–Kier alpha value is -0.620. The SMILES string of the molecule is COc1ccc(P)c(C)c1F. The second-order valence-corrected chi connectivity index (χ2v) is 2.92. The Morgan fingerprint density at radius 3 is 2.64 bits per heavy atom. The summed E-state index contributed by atoms with van der Waals surface area (Å²) in [5, 5.41) is 0.864. The molecule has 1 nitrogen and oxygen atoms in total. The van der Waals surface area contributed by atoms with Crippen LogP contribution in [0.15, 0.2) is 12.1 Å². The predicted molar refractivity (Wildman–Crippen MR) is 47.0 cm³/mol. The van der Waals surface area contributed by atoms with Crippen LogP contribution in [0.3, 0.4) is 0 Å². The van der Waals surface area contributed by atoms with Gasteiger partial charge in [-0.2, -0.15) is 0 Å². The van der Waals surface area contributed by atoms with Crippen LogP contribution in [0.2, 0.25) is 0 Å². The topological polar surface area (TPSA) is 9.23 Å². The van der Waals surface area contributed by atoms with Crippen molar-refractivity contribution in [1.29, 1.82) is 0 Å². The first-order valence-electron chi connectivity index (χ1n) is 3.25. The molecule has 0 bridgehead atoms. The minimum Gasteiger partial charge on any atom is -0.494 e. The van der Waals surface area contributed by atoms with Gasteiger partial charge in [-0.1, -0.05) is 6.07 Å². The molecule has 3 heteroatoms. The van der Waals surface area contributed by atoms with Crippen LogP contribution in [-0.4, -0.2) is 7.11 Å². The summed E-state index contributed by atoms with van der Waals surface area (Å²) < 4.78 is 17.9. The normalized spacial score (nSPS) is 9.82. The number of methoxy groups -OCH3 is 1. The van der Waals surface area contributed by atoms with Gasteiger partial charge in [-0.05, 0) is 23.9 Å². The summed E-state index contributed by atoms with van der Waals surface area (Å²) in [5.74, 6) is 0.0219. The molecule has 0 spiro atoms. The third kappa shape index (κ3) is 1.51. The van der Waals surface area contributed by atoms with Crippen LogP contribution >= 0.6 is 9.24 Å². The Bertz CT molecular complexity index is 273. The molecule has 1 aromatic carbocycles. The maximum atomic E-state index is 13.1. The highest BCUT2D eigenvalue weighted by Gasteiger charge is 2.06. The highest BCUT2D eigenvalue weighted by molar-refractivity contribution is 7.27. The van der Waals surface area contributed by atoms with Gasteiger partial charge in [-0.3, -0.25) is 0 Å². The van der Waals surface area contributed by atoms with Gasteiger partial charge in [0, 0.05) is 0 Å². The van der Waals surface area contributed by atoms with E-state index in [1.54, 1.807) is 13.0 Å². The lowest BCUT2D eigenvalue weighted by atomic mass is 10.2. The zero-order chi connectivity index (χ0) is 8.43. The first kappa shape index (κ1) is 8.48. The quantitative estimate of drug-likeness (QED) is 0.585. The van der Waals surface area contributed by atoms with Gasteiger partial charge in [0.05, 0.1) is 7.11 Å². The van der Waals surface area contributed by atoms with Gasteiger partial charge >= 0.3 is 0 Å². The van der Waals surface area contributed by atoms with Crippen LogP contribution in [0, 0.1) is 12.7 Å². The van der Waals surface area contributed by atoms with Crippen molar-refractivity contribution in [2.45, 2.75) is 6.92 Å². The largest absolute Gasteiger partial charge is 0.494 e. The Kier molecular flexibility index (Phi) is 2.45. The number of ether oxygens (including phenoxy) is 1. The molecule has 0 aliphatic carbocycles. The standard InChI is InChI=1S/C8H10FOP/c1-5-7(11)4-3-6(10-2)8(5)9/h3-4H,11H2,1-2H3. The van der Waals surface area contributed by atoms with E-state index in [0.717, 1.165) is 5.30 Å².